The van der Waals surface area contributed by atoms with Gasteiger partial charge in [-0.15, -0.1) is 0 Å². The summed E-state index contributed by atoms with van der Waals surface area (Å²) in [6.07, 6.45) is 1.70. The summed E-state index contributed by atoms with van der Waals surface area (Å²) in [5, 5.41) is 13.8. The van der Waals surface area contributed by atoms with Gasteiger partial charge in [0.05, 0.1) is 10.6 Å². The Morgan fingerprint density at radius 3 is 2.64 bits per heavy atom. The van der Waals surface area contributed by atoms with Crippen LogP contribution in [0.5, 0.6) is 5.75 Å². The average molecular weight is 475 g/mol. The fourth-order valence-electron chi connectivity index (χ4n) is 4.92. The number of halogens is 2. The highest BCUT2D eigenvalue weighted by Crippen LogP contribution is 2.46. The Kier molecular flexibility index (Phi) is 5.41. The van der Waals surface area contributed by atoms with Crippen molar-refractivity contribution >= 4 is 23.4 Å². The zero-order chi connectivity index (χ0) is 23.4. The zero-order valence-electron chi connectivity index (χ0n) is 18.1. The van der Waals surface area contributed by atoms with Crippen LogP contribution in [0.4, 0.5) is 4.39 Å². The third-order valence-electron chi connectivity index (χ3n) is 6.67. The predicted molar refractivity (Wildman–Crippen MR) is 119 cm³/mol. The molecular weight excluding hydrogens is 451 g/mol. The molecular formula is C23H24ClFN4O4. The molecule has 0 spiro atoms. The number of rotatable bonds is 6. The Morgan fingerprint density at radius 1 is 1.21 bits per heavy atom. The van der Waals surface area contributed by atoms with Crippen molar-refractivity contribution < 1.29 is 19.1 Å². The van der Waals surface area contributed by atoms with Crippen LogP contribution in [0.25, 0.3) is 0 Å². The van der Waals surface area contributed by atoms with Gasteiger partial charge in [0.1, 0.15) is 17.7 Å². The first-order valence-corrected chi connectivity index (χ1v) is 11.4. The molecule has 1 aromatic heterocycles. The van der Waals surface area contributed by atoms with E-state index < -0.39 is 29.2 Å². The highest BCUT2D eigenvalue weighted by molar-refractivity contribution is 6.30. The minimum absolute atomic E-state index is 0.0466. The van der Waals surface area contributed by atoms with Gasteiger partial charge in [-0.05, 0) is 49.9 Å². The van der Waals surface area contributed by atoms with Gasteiger partial charge in [0.2, 0.25) is 0 Å². The van der Waals surface area contributed by atoms with Crippen molar-refractivity contribution in [3.63, 3.8) is 0 Å². The van der Waals surface area contributed by atoms with Crippen molar-refractivity contribution in [3.05, 3.63) is 61.8 Å². The Hall–Kier alpha value is -2.91. The number of nitrogens with one attached hydrogen (secondary N) is 1. The molecule has 10 heteroatoms. The van der Waals surface area contributed by atoms with Gasteiger partial charge in [0.25, 0.3) is 17.4 Å². The third kappa shape index (κ3) is 3.50. The van der Waals surface area contributed by atoms with Crippen molar-refractivity contribution in [1.29, 1.82) is 0 Å². The SMILES string of the molecule is CNCCN1C(=O)c2c3c(c(O)c(=O)n2C1C1CC1)C(=O)N(Cc1ccc(F)c(Cl)c1)CC3. The molecule has 2 aromatic rings. The highest BCUT2D eigenvalue weighted by Gasteiger charge is 2.49. The number of nitrogens with zero attached hydrogens (tertiary/aromatic N) is 3. The molecule has 3 heterocycles. The molecule has 2 aliphatic heterocycles. The first-order chi connectivity index (χ1) is 15.8. The number of benzene rings is 1. The van der Waals surface area contributed by atoms with E-state index in [4.69, 9.17) is 11.6 Å². The second-order valence-electron chi connectivity index (χ2n) is 8.80. The van der Waals surface area contributed by atoms with Crippen LogP contribution < -0.4 is 10.9 Å². The summed E-state index contributed by atoms with van der Waals surface area (Å²) < 4.78 is 14.9. The normalized spacial score (nSPS) is 19.8. The van der Waals surface area contributed by atoms with Gasteiger partial charge in [-0.2, -0.15) is 0 Å². The quantitative estimate of drug-likeness (QED) is 0.669. The van der Waals surface area contributed by atoms with E-state index in [1.165, 1.54) is 27.7 Å². The summed E-state index contributed by atoms with van der Waals surface area (Å²) in [5.74, 6) is -1.81. The van der Waals surface area contributed by atoms with Crippen LogP contribution in [0, 0.1) is 11.7 Å². The maximum absolute atomic E-state index is 13.5. The zero-order valence-corrected chi connectivity index (χ0v) is 18.9. The number of aromatic hydroxyl groups is 1. The lowest BCUT2D eigenvalue weighted by Crippen LogP contribution is -2.40. The first-order valence-electron chi connectivity index (χ1n) is 11.0. The van der Waals surface area contributed by atoms with Gasteiger partial charge in [0.15, 0.2) is 5.75 Å². The van der Waals surface area contributed by atoms with E-state index in [9.17, 15) is 23.9 Å². The predicted octanol–water partition coefficient (Wildman–Crippen LogP) is 2.13. The molecule has 2 amide bonds. The maximum Gasteiger partial charge on any atom is 0.295 e. The van der Waals surface area contributed by atoms with Crippen LogP contribution in [0.2, 0.25) is 5.02 Å². The van der Waals surface area contributed by atoms with E-state index in [0.717, 1.165) is 12.8 Å². The van der Waals surface area contributed by atoms with E-state index in [-0.39, 0.29) is 34.6 Å². The molecule has 1 aliphatic carbocycles. The smallest absolute Gasteiger partial charge is 0.295 e. The molecule has 1 aromatic carbocycles. The van der Waals surface area contributed by atoms with Gasteiger partial charge in [0, 0.05) is 31.7 Å². The highest BCUT2D eigenvalue weighted by atomic mass is 35.5. The van der Waals surface area contributed by atoms with Gasteiger partial charge in [-0.25, -0.2) is 4.39 Å². The molecule has 174 valence electrons. The second kappa shape index (κ2) is 8.14. The lowest BCUT2D eigenvalue weighted by molar-refractivity contribution is 0.0669. The molecule has 3 aliphatic rings. The monoisotopic (exact) mass is 474 g/mol. The molecule has 1 saturated carbocycles. The van der Waals surface area contributed by atoms with Gasteiger partial charge >= 0.3 is 0 Å². The Morgan fingerprint density at radius 2 is 1.97 bits per heavy atom. The second-order valence-corrected chi connectivity index (χ2v) is 9.21. The summed E-state index contributed by atoms with van der Waals surface area (Å²) in [6.45, 7) is 1.43. The lowest BCUT2D eigenvalue weighted by Gasteiger charge is -2.30. The molecule has 0 bridgehead atoms. The number of aromatic nitrogens is 1. The number of hydrogen-bond donors (Lipinski definition) is 2. The average Bonchev–Trinajstić information content (AvgIpc) is 3.58. The van der Waals surface area contributed by atoms with Crippen molar-refractivity contribution in [1.82, 2.24) is 19.7 Å². The number of hydrogen-bond acceptors (Lipinski definition) is 5. The summed E-state index contributed by atoms with van der Waals surface area (Å²) in [6, 6.07) is 4.21. The number of likely N-dealkylation sites (N-methyl/N-ethyl adjacent to an activating group) is 1. The summed E-state index contributed by atoms with van der Waals surface area (Å²) in [5.41, 5.74) is 0.454. The van der Waals surface area contributed by atoms with Crippen LogP contribution in [0.15, 0.2) is 23.0 Å². The van der Waals surface area contributed by atoms with E-state index in [1.54, 1.807) is 11.9 Å². The number of amides is 2. The Labute approximate surface area is 194 Å². The first kappa shape index (κ1) is 21.9. The number of fused-ring (bicyclic) bond motifs is 3. The fraction of sp³-hybridized carbons (Fsp3) is 0.435. The van der Waals surface area contributed by atoms with Crippen LogP contribution in [-0.4, -0.2) is 58.0 Å². The molecule has 33 heavy (non-hydrogen) atoms. The number of pyridine rings is 1. The van der Waals surface area contributed by atoms with Gasteiger partial charge < -0.3 is 20.2 Å². The van der Waals surface area contributed by atoms with Crippen LogP contribution >= 0.6 is 11.6 Å². The van der Waals surface area contributed by atoms with Gasteiger partial charge in [-0.1, -0.05) is 17.7 Å². The largest absolute Gasteiger partial charge is 0.502 e. The number of carbonyl (C=O) groups is 2. The molecule has 5 rings (SSSR count). The maximum atomic E-state index is 13.5. The topological polar surface area (TPSA) is 94.9 Å². The number of carbonyl (C=O) groups excluding carboxylic acids is 2. The van der Waals surface area contributed by atoms with Crippen LogP contribution in [-0.2, 0) is 13.0 Å². The minimum atomic E-state index is -0.707. The fourth-order valence-corrected chi connectivity index (χ4v) is 5.13. The van der Waals surface area contributed by atoms with E-state index in [2.05, 4.69) is 5.32 Å². The summed E-state index contributed by atoms with van der Waals surface area (Å²) in [4.78, 5) is 43.1. The third-order valence-corrected chi connectivity index (χ3v) is 6.96. The molecule has 0 saturated heterocycles. The molecule has 8 nitrogen and oxygen atoms in total. The van der Waals surface area contributed by atoms with Crippen molar-refractivity contribution in [2.24, 2.45) is 5.92 Å². The van der Waals surface area contributed by atoms with Crippen molar-refractivity contribution in [3.8, 4) is 5.75 Å². The Balaban J connectivity index is 1.55. The minimum Gasteiger partial charge on any atom is -0.502 e. The van der Waals surface area contributed by atoms with E-state index >= 15 is 0 Å². The van der Waals surface area contributed by atoms with E-state index in [1.807, 2.05) is 0 Å². The van der Waals surface area contributed by atoms with Gasteiger partial charge in [-0.3, -0.25) is 19.0 Å². The molecule has 2 N–H and O–H groups in total. The van der Waals surface area contributed by atoms with Crippen molar-refractivity contribution in [2.45, 2.75) is 32.0 Å². The van der Waals surface area contributed by atoms with E-state index in [0.29, 0.717) is 37.2 Å². The Bertz CT molecular complexity index is 1230. The molecule has 0 radical (unpaired) electrons. The lowest BCUT2D eigenvalue weighted by atomic mass is 9.95. The molecule has 1 atom stereocenters. The summed E-state index contributed by atoms with van der Waals surface area (Å²) >= 11 is 5.86. The standard InChI is InChI=1S/C23H24ClFN4O4/c1-26-7-9-28-20(13-3-4-13)29-18(22(28)32)14-6-8-27(21(31)17(14)19(30)23(29)33)11-12-2-5-16(25)15(24)10-12/h2,5,10,13,20,26,30H,3-4,6-9,11H2,1H3. The van der Waals surface area contributed by atoms with Crippen LogP contribution in [0.3, 0.4) is 0 Å². The van der Waals surface area contributed by atoms with Crippen molar-refractivity contribution in [2.75, 3.05) is 26.7 Å². The molecule has 1 fully saturated rings. The summed E-state index contributed by atoms with van der Waals surface area (Å²) in [7, 11) is 1.79. The van der Waals surface area contributed by atoms with Crippen LogP contribution in [0.1, 0.15) is 51.0 Å². The molecule has 1 unspecified atom stereocenters.